The van der Waals surface area contributed by atoms with Crippen LogP contribution >= 0.6 is 0 Å². The molecule has 38 heavy (non-hydrogen) atoms. The van der Waals surface area contributed by atoms with Crippen LogP contribution in [0.4, 0.5) is 4.79 Å². The highest BCUT2D eigenvalue weighted by molar-refractivity contribution is 6.74. The lowest BCUT2D eigenvalue weighted by Gasteiger charge is -2.42. The van der Waals surface area contributed by atoms with E-state index >= 15 is 0 Å². The zero-order chi connectivity index (χ0) is 28.1. The number of aromatic nitrogens is 1. The van der Waals surface area contributed by atoms with Gasteiger partial charge in [-0.2, -0.15) is 0 Å². The Balaban J connectivity index is 1.99. The van der Waals surface area contributed by atoms with Crippen LogP contribution in [0.3, 0.4) is 0 Å². The molecule has 3 aromatic rings. The lowest BCUT2D eigenvalue weighted by Crippen LogP contribution is -2.53. The summed E-state index contributed by atoms with van der Waals surface area (Å²) in [5.41, 5.74) is 1.86. The number of aromatic hydroxyl groups is 2. The fourth-order valence-electron chi connectivity index (χ4n) is 3.89. The molecular formula is C28H35BN2O6Si. The molecule has 3 rings (SSSR count). The van der Waals surface area contributed by atoms with Crippen LogP contribution in [-0.4, -0.2) is 55.0 Å². The number of hydrogen-bond donors (Lipinski definition) is 3. The van der Waals surface area contributed by atoms with Crippen LogP contribution in [0.15, 0.2) is 66.7 Å². The van der Waals surface area contributed by atoms with Gasteiger partial charge in [0.1, 0.15) is 0 Å². The van der Waals surface area contributed by atoms with Gasteiger partial charge in [-0.15, -0.1) is 4.73 Å². The second kappa shape index (κ2) is 11.9. The molecule has 2 aromatic carbocycles. The van der Waals surface area contributed by atoms with Crippen LogP contribution in [0.2, 0.25) is 18.1 Å². The molecular weight excluding hydrogens is 499 g/mol. The first-order chi connectivity index (χ1) is 17.8. The fourth-order valence-corrected chi connectivity index (χ4v) is 5.25. The maximum atomic E-state index is 13.1. The summed E-state index contributed by atoms with van der Waals surface area (Å²) in [5, 5.41) is 22.6. The summed E-state index contributed by atoms with van der Waals surface area (Å²) < 4.78 is 7.50. The Morgan fingerprint density at radius 1 is 0.947 bits per heavy atom. The van der Waals surface area contributed by atoms with E-state index in [9.17, 15) is 19.8 Å². The third kappa shape index (κ3) is 7.29. The van der Waals surface area contributed by atoms with Gasteiger partial charge in [0.05, 0.1) is 17.7 Å². The van der Waals surface area contributed by atoms with Crippen LogP contribution in [0.5, 0.6) is 11.8 Å². The largest absolute Gasteiger partial charge is 0.492 e. The maximum Gasteiger partial charge on any atom is 0.364 e. The van der Waals surface area contributed by atoms with Gasteiger partial charge in [-0.1, -0.05) is 69.3 Å². The average molecular weight is 534 g/mol. The van der Waals surface area contributed by atoms with E-state index in [0.29, 0.717) is 16.7 Å². The van der Waals surface area contributed by atoms with Crippen LogP contribution in [0.1, 0.15) is 42.3 Å². The van der Waals surface area contributed by atoms with Crippen LogP contribution in [-0.2, 0) is 17.3 Å². The molecule has 10 heteroatoms. The third-order valence-electron chi connectivity index (χ3n) is 6.96. The van der Waals surface area contributed by atoms with Crippen molar-refractivity contribution in [3.8, 4) is 11.8 Å². The minimum atomic E-state index is -2.34. The molecule has 0 fully saturated rings. The first kappa shape index (κ1) is 29.1. The summed E-state index contributed by atoms with van der Waals surface area (Å²) >= 11 is 0. The van der Waals surface area contributed by atoms with Gasteiger partial charge in [0.25, 0.3) is 0 Å². The molecule has 0 saturated heterocycles. The molecule has 8 nitrogen and oxygen atoms in total. The summed E-state index contributed by atoms with van der Waals surface area (Å²) in [6.07, 6.45) is 0.228. The zero-order valence-electron chi connectivity index (χ0n) is 22.5. The van der Waals surface area contributed by atoms with E-state index in [4.69, 9.17) is 17.1 Å². The molecule has 1 amide bonds. The number of nitrogens with one attached hydrogen (secondary N) is 1. The third-order valence-corrected chi connectivity index (χ3v) is 11.5. The Morgan fingerprint density at radius 2 is 1.53 bits per heavy atom. The maximum absolute atomic E-state index is 13.1. The highest BCUT2D eigenvalue weighted by Gasteiger charge is 2.41. The number of carbonyl (C=O) groups excluding carboxylic acids is 2. The second-order valence-corrected chi connectivity index (χ2v) is 15.6. The monoisotopic (exact) mass is 534 g/mol. The number of rotatable bonds is 10. The number of carbonyl (C=O) groups is 2. The molecule has 0 aliphatic carbocycles. The van der Waals surface area contributed by atoms with Crippen molar-refractivity contribution in [1.29, 1.82) is 0 Å². The summed E-state index contributed by atoms with van der Waals surface area (Å²) in [5.74, 6) is -2.26. The molecule has 0 saturated carbocycles. The van der Waals surface area contributed by atoms with Gasteiger partial charge in [0.15, 0.2) is 14.1 Å². The first-order valence-corrected chi connectivity index (χ1v) is 15.4. The van der Waals surface area contributed by atoms with Gasteiger partial charge in [-0.3, -0.25) is 4.79 Å². The average Bonchev–Trinajstić information content (AvgIpc) is 3.15. The zero-order valence-corrected chi connectivity index (χ0v) is 23.5. The summed E-state index contributed by atoms with van der Waals surface area (Å²) in [6, 6.07) is 18.6. The van der Waals surface area contributed by atoms with Crippen molar-refractivity contribution in [3.05, 3.63) is 83.4 Å². The van der Waals surface area contributed by atoms with Crippen molar-refractivity contribution in [2.24, 2.45) is 0 Å². The highest BCUT2D eigenvalue weighted by Crippen LogP contribution is 2.38. The van der Waals surface area contributed by atoms with Crippen molar-refractivity contribution in [2.75, 3.05) is 0 Å². The van der Waals surface area contributed by atoms with Gasteiger partial charge in [-0.05, 0) is 41.7 Å². The molecule has 200 valence electrons. The number of amides is 1. The van der Waals surface area contributed by atoms with Gasteiger partial charge in [-0.25, -0.2) is 4.79 Å². The predicted molar refractivity (Wildman–Crippen MR) is 149 cm³/mol. The summed E-state index contributed by atoms with van der Waals surface area (Å²) in [7, 11) is 3.25. The summed E-state index contributed by atoms with van der Waals surface area (Å²) in [4.78, 5) is 30.4. The van der Waals surface area contributed by atoms with Gasteiger partial charge in [0, 0.05) is 18.6 Å². The number of hydrogen-bond acceptors (Lipinski definition) is 6. The Morgan fingerprint density at radius 3 is 2.11 bits per heavy atom. The lowest BCUT2D eigenvalue weighted by molar-refractivity contribution is 0.0379. The van der Waals surface area contributed by atoms with Crippen molar-refractivity contribution < 1.29 is 29.1 Å². The highest BCUT2D eigenvalue weighted by atomic mass is 28.4. The molecule has 2 atom stereocenters. The molecule has 0 spiro atoms. The quantitative estimate of drug-likeness (QED) is 0.328. The van der Waals surface area contributed by atoms with Gasteiger partial charge in [0.2, 0.25) is 19.6 Å². The van der Waals surface area contributed by atoms with E-state index in [-0.39, 0.29) is 17.0 Å². The van der Waals surface area contributed by atoms with E-state index < -0.39 is 44.0 Å². The number of nitrogens with zero attached hydrogens (tertiary/aromatic N) is 1. The van der Waals surface area contributed by atoms with E-state index in [1.54, 1.807) is 24.3 Å². The van der Waals surface area contributed by atoms with Crippen LogP contribution < -0.4 is 10.2 Å². The Bertz CT molecular complexity index is 1240. The van der Waals surface area contributed by atoms with E-state index in [1.807, 2.05) is 30.3 Å². The van der Waals surface area contributed by atoms with E-state index in [2.05, 4.69) is 39.2 Å². The van der Waals surface area contributed by atoms with E-state index in [1.165, 1.54) is 12.1 Å². The normalized spacial score (nSPS) is 13.5. The SMILES string of the molecule is [B]C(=O)N[C@H](Cc1ccccc1)[C@@H](Cc1ccccc1C(=O)On1c(O)ccc1O)O[Si](C)(C)C(C)(C)C. The minimum Gasteiger partial charge on any atom is -0.492 e. The van der Waals surface area contributed by atoms with Gasteiger partial charge >= 0.3 is 5.97 Å². The van der Waals surface area contributed by atoms with Crippen molar-refractivity contribution in [1.82, 2.24) is 10.0 Å². The standard InChI is InChI=1S/C28H35BN2O6Si/c1-28(2,3)38(4,5)37-23(22(30-27(29)35)17-19-11-7-6-8-12-19)18-20-13-9-10-14-21(20)26(34)36-31-24(32)15-16-25(31)33/h6-16,22-23,32-33H,17-18H2,1-5H3,(H,30,35)/t22-,23-/m1/s1. The molecule has 0 bridgehead atoms. The first-order valence-electron chi connectivity index (χ1n) is 12.5. The fraction of sp³-hybridized carbons (Fsp3) is 0.357. The number of benzene rings is 2. The van der Waals surface area contributed by atoms with E-state index in [0.717, 1.165) is 5.56 Å². The predicted octanol–water partition coefficient (Wildman–Crippen LogP) is 4.59. The molecule has 0 aliphatic heterocycles. The van der Waals surface area contributed by atoms with Crippen LogP contribution in [0.25, 0.3) is 0 Å². The van der Waals surface area contributed by atoms with Crippen LogP contribution in [0, 0.1) is 0 Å². The molecule has 2 radical (unpaired) electrons. The van der Waals surface area contributed by atoms with Crippen molar-refractivity contribution in [2.45, 2.75) is 63.9 Å². The minimum absolute atomic E-state index is 0.114. The molecule has 0 unspecified atom stereocenters. The second-order valence-electron chi connectivity index (χ2n) is 10.8. The Kier molecular flexibility index (Phi) is 9.11. The smallest absolute Gasteiger partial charge is 0.364 e. The topological polar surface area (TPSA) is 110 Å². The Labute approximate surface area is 226 Å². The molecule has 3 N–H and O–H groups in total. The lowest BCUT2D eigenvalue weighted by atomic mass is 9.93. The van der Waals surface area contributed by atoms with Crippen molar-refractivity contribution in [3.63, 3.8) is 0 Å². The van der Waals surface area contributed by atoms with Crippen molar-refractivity contribution >= 4 is 27.9 Å². The molecule has 0 aliphatic rings. The molecule has 1 aromatic heterocycles. The molecule has 1 heterocycles. The summed E-state index contributed by atoms with van der Waals surface area (Å²) in [6.45, 7) is 10.6. The van der Waals surface area contributed by atoms with Gasteiger partial charge < -0.3 is 24.8 Å². The Hall–Kier alpha value is -3.50.